The van der Waals surface area contributed by atoms with Crippen molar-refractivity contribution >= 4 is 34.5 Å². The Hall–Kier alpha value is -3.53. The van der Waals surface area contributed by atoms with Crippen molar-refractivity contribution in [3.8, 4) is 11.5 Å². The number of fused-ring (bicyclic) bond motifs is 1. The van der Waals surface area contributed by atoms with Gasteiger partial charge in [0, 0.05) is 36.9 Å². The van der Waals surface area contributed by atoms with E-state index in [-0.39, 0.29) is 18.0 Å². The first-order valence-electron chi connectivity index (χ1n) is 11.4. The fourth-order valence-electron chi connectivity index (χ4n) is 4.53. The summed E-state index contributed by atoms with van der Waals surface area (Å²) in [6.45, 7) is 2.92. The van der Waals surface area contributed by atoms with Gasteiger partial charge >= 0.3 is 0 Å². The number of halogens is 1. The number of imidazole rings is 1. The molecule has 1 saturated carbocycles. The second kappa shape index (κ2) is 9.38. The number of aromatic amines is 1. The Balaban J connectivity index is 1.46. The Bertz CT molecular complexity index is 1300. The molecule has 34 heavy (non-hydrogen) atoms. The van der Waals surface area contributed by atoms with Crippen molar-refractivity contribution in [1.29, 1.82) is 0 Å². The van der Waals surface area contributed by atoms with E-state index in [1.54, 1.807) is 24.5 Å². The van der Waals surface area contributed by atoms with Crippen LogP contribution in [0.1, 0.15) is 49.1 Å². The summed E-state index contributed by atoms with van der Waals surface area (Å²) in [5.74, 6) is 1.23. The van der Waals surface area contributed by atoms with E-state index in [2.05, 4.69) is 46.9 Å². The largest absolute Gasteiger partial charge is 0.348 e. The molecule has 0 saturated heterocycles. The molecule has 0 bridgehead atoms. The van der Waals surface area contributed by atoms with E-state index in [1.165, 1.54) is 6.33 Å². The van der Waals surface area contributed by atoms with Crippen LogP contribution in [0, 0.1) is 0 Å². The number of aromatic nitrogens is 7. The molecule has 0 aromatic carbocycles. The number of carbonyl (C=O) groups is 1. The van der Waals surface area contributed by atoms with Gasteiger partial charge < -0.3 is 14.8 Å². The fourth-order valence-corrected chi connectivity index (χ4v) is 4.69. The number of anilines is 1. The summed E-state index contributed by atoms with van der Waals surface area (Å²) >= 11 is 6.04. The van der Waals surface area contributed by atoms with Gasteiger partial charge in [0.25, 0.3) is 5.91 Å². The first-order chi connectivity index (χ1) is 16.5. The Morgan fingerprint density at radius 2 is 2.18 bits per heavy atom. The molecular weight excluding hydrogens is 454 g/mol. The molecule has 0 spiro atoms. The first-order valence-corrected chi connectivity index (χ1v) is 11.8. The van der Waals surface area contributed by atoms with Gasteiger partial charge in [-0.15, -0.1) is 0 Å². The maximum absolute atomic E-state index is 12.8. The zero-order chi connectivity index (χ0) is 23.7. The average Bonchev–Trinajstić information content (AvgIpc) is 3.51. The van der Waals surface area contributed by atoms with Gasteiger partial charge in [-0.1, -0.05) is 11.6 Å². The van der Waals surface area contributed by atoms with E-state index in [1.807, 2.05) is 13.1 Å². The van der Waals surface area contributed by atoms with Gasteiger partial charge in [0.1, 0.15) is 23.2 Å². The third-order valence-electron chi connectivity index (χ3n) is 6.32. The Morgan fingerprint density at radius 1 is 1.29 bits per heavy atom. The van der Waals surface area contributed by atoms with Gasteiger partial charge in [-0.3, -0.25) is 19.9 Å². The molecule has 4 aromatic rings. The molecule has 11 heteroatoms. The number of rotatable bonds is 6. The molecule has 4 heterocycles. The zero-order valence-electron chi connectivity index (χ0n) is 19.1. The minimum Gasteiger partial charge on any atom is -0.348 e. The maximum atomic E-state index is 12.8. The molecule has 176 valence electrons. The SMILES string of the molecule is CCN(C)c1nc2cnc(-c3nc[nH]n3)cc2n1[C@@H]1CCC[C@H](NC(=O)c2cc(Cl)ccn2)C1. The van der Waals surface area contributed by atoms with Gasteiger partial charge in [0.05, 0.1) is 11.7 Å². The molecule has 1 aliphatic carbocycles. The number of hydrogen-bond acceptors (Lipinski definition) is 7. The molecule has 1 aliphatic rings. The van der Waals surface area contributed by atoms with Crippen LogP contribution in [0.15, 0.2) is 36.9 Å². The van der Waals surface area contributed by atoms with Gasteiger partial charge in [0.2, 0.25) is 5.95 Å². The van der Waals surface area contributed by atoms with Gasteiger partial charge in [-0.25, -0.2) is 9.97 Å². The van der Waals surface area contributed by atoms with Crippen molar-refractivity contribution in [1.82, 2.24) is 40.0 Å². The van der Waals surface area contributed by atoms with Crippen LogP contribution < -0.4 is 10.2 Å². The quantitative estimate of drug-likeness (QED) is 0.433. The molecule has 4 aromatic heterocycles. The number of nitrogens with zero attached hydrogens (tertiary/aromatic N) is 7. The van der Waals surface area contributed by atoms with Crippen LogP contribution >= 0.6 is 11.6 Å². The molecule has 10 nitrogen and oxygen atoms in total. The molecule has 5 rings (SSSR count). The van der Waals surface area contributed by atoms with Gasteiger partial charge in [-0.05, 0) is 50.8 Å². The predicted molar refractivity (Wildman–Crippen MR) is 130 cm³/mol. The average molecular weight is 480 g/mol. The highest BCUT2D eigenvalue weighted by Gasteiger charge is 2.29. The van der Waals surface area contributed by atoms with E-state index in [0.29, 0.717) is 22.2 Å². The van der Waals surface area contributed by atoms with Crippen molar-refractivity contribution in [2.45, 2.75) is 44.7 Å². The van der Waals surface area contributed by atoms with Crippen LogP contribution in [-0.4, -0.2) is 60.2 Å². The van der Waals surface area contributed by atoms with Crippen molar-refractivity contribution < 1.29 is 4.79 Å². The van der Waals surface area contributed by atoms with Crippen LogP contribution in [0.4, 0.5) is 5.95 Å². The van der Waals surface area contributed by atoms with Crippen molar-refractivity contribution in [3.63, 3.8) is 0 Å². The van der Waals surface area contributed by atoms with E-state index in [0.717, 1.165) is 49.2 Å². The van der Waals surface area contributed by atoms with Crippen LogP contribution in [0.2, 0.25) is 5.02 Å². The third kappa shape index (κ3) is 4.33. The molecular formula is C23H26ClN9O. The van der Waals surface area contributed by atoms with Crippen molar-refractivity contribution in [2.75, 3.05) is 18.5 Å². The first kappa shape index (κ1) is 22.3. The van der Waals surface area contributed by atoms with E-state index in [9.17, 15) is 4.79 Å². The number of nitrogens with one attached hydrogen (secondary N) is 2. The Kier molecular flexibility index (Phi) is 6.14. The lowest BCUT2D eigenvalue weighted by molar-refractivity contribution is 0.0916. The zero-order valence-corrected chi connectivity index (χ0v) is 19.8. The van der Waals surface area contributed by atoms with Gasteiger partial charge in [-0.2, -0.15) is 5.10 Å². The summed E-state index contributed by atoms with van der Waals surface area (Å²) in [5, 5.41) is 10.6. The highest BCUT2D eigenvalue weighted by Crippen LogP contribution is 2.36. The van der Waals surface area contributed by atoms with E-state index in [4.69, 9.17) is 16.6 Å². The Labute approximate surface area is 201 Å². The van der Waals surface area contributed by atoms with Gasteiger partial charge in [0.15, 0.2) is 5.82 Å². The monoisotopic (exact) mass is 479 g/mol. The van der Waals surface area contributed by atoms with Crippen LogP contribution in [0.3, 0.4) is 0 Å². The lowest BCUT2D eigenvalue weighted by Crippen LogP contribution is -2.39. The second-order valence-corrected chi connectivity index (χ2v) is 8.96. The topological polar surface area (TPSA) is 118 Å². The van der Waals surface area contributed by atoms with Crippen LogP contribution in [0.25, 0.3) is 22.6 Å². The summed E-state index contributed by atoms with van der Waals surface area (Å²) in [4.78, 5) is 32.7. The maximum Gasteiger partial charge on any atom is 0.270 e. The Morgan fingerprint density at radius 3 is 2.94 bits per heavy atom. The third-order valence-corrected chi connectivity index (χ3v) is 6.55. The van der Waals surface area contributed by atoms with Crippen LogP contribution in [-0.2, 0) is 0 Å². The molecule has 1 amide bonds. The van der Waals surface area contributed by atoms with E-state index < -0.39 is 0 Å². The second-order valence-electron chi connectivity index (χ2n) is 8.53. The molecule has 2 N–H and O–H groups in total. The fraction of sp³-hybridized carbons (Fsp3) is 0.391. The summed E-state index contributed by atoms with van der Waals surface area (Å²) in [6.07, 6.45) is 8.56. The number of amides is 1. The summed E-state index contributed by atoms with van der Waals surface area (Å²) in [5.41, 5.74) is 2.83. The highest BCUT2D eigenvalue weighted by atomic mass is 35.5. The number of carbonyl (C=O) groups excluding carboxylic acids is 1. The lowest BCUT2D eigenvalue weighted by atomic mass is 9.90. The number of hydrogen-bond donors (Lipinski definition) is 2. The minimum absolute atomic E-state index is 0.0265. The number of H-pyrrole nitrogens is 1. The van der Waals surface area contributed by atoms with Crippen LogP contribution in [0.5, 0.6) is 0 Å². The summed E-state index contributed by atoms with van der Waals surface area (Å²) in [6, 6.07) is 5.44. The normalized spacial score (nSPS) is 18.2. The molecule has 1 fully saturated rings. The lowest BCUT2D eigenvalue weighted by Gasteiger charge is -2.33. The highest BCUT2D eigenvalue weighted by molar-refractivity contribution is 6.30. The summed E-state index contributed by atoms with van der Waals surface area (Å²) < 4.78 is 2.28. The smallest absolute Gasteiger partial charge is 0.270 e. The molecule has 0 radical (unpaired) electrons. The standard InChI is InChI=1S/C23H26ClN9O/c1-3-32(2)23-30-19-12-26-17(21-27-13-28-31-21)11-20(19)33(23)16-6-4-5-15(10-16)29-22(34)18-9-14(24)7-8-25-18/h7-9,11-13,15-16H,3-6,10H2,1-2H3,(H,29,34)(H,27,28,31)/t15-,16+/m0/s1. The van der Waals surface area contributed by atoms with Crippen molar-refractivity contribution in [2.24, 2.45) is 0 Å². The van der Waals surface area contributed by atoms with E-state index >= 15 is 0 Å². The number of pyridine rings is 2. The molecule has 0 unspecified atom stereocenters. The minimum atomic E-state index is -0.203. The molecule has 2 atom stereocenters. The summed E-state index contributed by atoms with van der Waals surface area (Å²) in [7, 11) is 2.04. The molecule has 0 aliphatic heterocycles. The van der Waals surface area contributed by atoms with Crippen molar-refractivity contribution in [3.05, 3.63) is 47.6 Å². The predicted octanol–water partition coefficient (Wildman–Crippen LogP) is 3.63.